The maximum atomic E-state index is 14.0. The SMILES string of the molecule is Cc1nc(C(=O)NCc2ccco2)cc(N2CCN(c3ccccc3F)CC2)n1. The van der Waals surface area contributed by atoms with E-state index in [9.17, 15) is 9.18 Å². The lowest BCUT2D eigenvalue weighted by molar-refractivity contribution is 0.0942. The van der Waals surface area contributed by atoms with Crippen LogP contribution in [0.5, 0.6) is 0 Å². The predicted molar refractivity (Wildman–Crippen MR) is 107 cm³/mol. The van der Waals surface area contributed by atoms with Crippen molar-refractivity contribution in [3.8, 4) is 0 Å². The molecule has 7 nitrogen and oxygen atoms in total. The fourth-order valence-corrected chi connectivity index (χ4v) is 3.39. The number of amides is 1. The Labute approximate surface area is 168 Å². The average Bonchev–Trinajstić information content (AvgIpc) is 3.26. The van der Waals surface area contributed by atoms with E-state index in [-0.39, 0.29) is 11.7 Å². The molecular weight excluding hydrogens is 373 g/mol. The van der Waals surface area contributed by atoms with E-state index < -0.39 is 0 Å². The minimum atomic E-state index is -0.279. The molecule has 1 N–H and O–H groups in total. The van der Waals surface area contributed by atoms with Gasteiger partial charge in [-0.3, -0.25) is 4.79 Å². The second kappa shape index (κ2) is 8.30. The standard InChI is InChI=1S/C21H22FN5O2/c1-15-24-18(21(28)23-14-16-5-4-12-29-16)13-20(25-15)27-10-8-26(9-11-27)19-7-3-2-6-17(19)22/h2-7,12-13H,8-11,14H2,1H3,(H,23,28). The number of benzene rings is 1. The molecule has 29 heavy (non-hydrogen) atoms. The number of halogens is 1. The number of rotatable bonds is 5. The number of carbonyl (C=O) groups is 1. The van der Waals surface area contributed by atoms with Crippen LogP contribution in [0.15, 0.2) is 53.1 Å². The van der Waals surface area contributed by atoms with Crippen LogP contribution < -0.4 is 15.1 Å². The molecule has 0 aliphatic carbocycles. The third-order valence-corrected chi connectivity index (χ3v) is 4.86. The first-order valence-electron chi connectivity index (χ1n) is 9.51. The van der Waals surface area contributed by atoms with Gasteiger partial charge in [-0.05, 0) is 31.2 Å². The van der Waals surface area contributed by atoms with E-state index in [2.05, 4.69) is 20.2 Å². The fourth-order valence-electron chi connectivity index (χ4n) is 3.39. The van der Waals surface area contributed by atoms with E-state index in [1.807, 2.05) is 11.0 Å². The molecular formula is C21H22FN5O2. The molecule has 4 rings (SSSR count). The summed E-state index contributed by atoms with van der Waals surface area (Å²) in [6, 6.07) is 12.1. The van der Waals surface area contributed by atoms with Crippen molar-refractivity contribution in [3.63, 3.8) is 0 Å². The molecule has 1 aromatic carbocycles. The van der Waals surface area contributed by atoms with Gasteiger partial charge in [0.15, 0.2) is 0 Å². The molecule has 1 fully saturated rings. The van der Waals surface area contributed by atoms with Crippen molar-refractivity contribution in [2.24, 2.45) is 0 Å². The molecule has 1 amide bonds. The van der Waals surface area contributed by atoms with Gasteiger partial charge in [-0.2, -0.15) is 0 Å². The number of hydrogen-bond donors (Lipinski definition) is 1. The van der Waals surface area contributed by atoms with Crippen molar-refractivity contribution >= 4 is 17.4 Å². The van der Waals surface area contributed by atoms with E-state index in [0.29, 0.717) is 61.5 Å². The normalized spacial score (nSPS) is 14.1. The monoisotopic (exact) mass is 395 g/mol. The summed E-state index contributed by atoms with van der Waals surface area (Å²) in [6.07, 6.45) is 1.56. The van der Waals surface area contributed by atoms with Crippen LogP contribution in [0, 0.1) is 12.7 Å². The third-order valence-electron chi connectivity index (χ3n) is 4.86. The van der Waals surface area contributed by atoms with Crippen molar-refractivity contribution in [2.45, 2.75) is 13.5 Å². The van der Waals surface area contributed by atoms with Crippen molar-refractivity contribution in [1.29, 1.82) is 0 Å². The van der Waals surface area contributed by atoms with Crippen LogP contribution in [0.4, 0.5) is 15.9 Å². The largest absolute Gasteiger partial charge is 0.467 e. The van der Waals surface area contributed by atoms with Crippen LogP contribution in [0.25, 0.3) is 0 Å². The molecule has 0 unspecified atom stereocenters. The van der Waals surface area contributed by atoms with Crippen LogP contribution in [0.3, 0.4) is 0 Å². The highest BCUT2D eigenvalue weighted by Crippen LogP contribution is 2.22. The molecule has 0 spiro atoms. The van der Waals surface area contributed by atoms with Gasteiger partial charge < -0.3 is 19.5 Å². The van der Waals surface area contributed by atoms with Gasteiger partial charge in [-0.25, -0.2) is 14.4 Å². The quantitative estimate of drug-likeness (QED) is 0.716. The van der Waals surface area contributed by atoms with Crippen molar-refractivity contribution in [1.82, 2.24) is 15.3 Å². The summed E-state index contributed by atoms with van der Waals surface area (Å²) in [5, 5.41) is 2.80. The van der Waals surface area contributed by atoms with Gasteiger partial charge in [0, 0.05) is 32.2 Å². The molecule has 0 radical (unpaired) electrons. The zero-order valence-corrected chi connectivity index (χ0v) is 16.1. The van der Waals surface area contributed by atoms with Crippen LogP contribution in [0.1, 0.15) is 22.1 Å². The third kappa shape index (κ3) is 4.37. The topological polar surface area (TPSA) is 74.5 Å². The first-order valence-corrected chi connectivity index (χ1v) is 9.51. The maximum absolute atomic E-state index is 14.0. The fraction of sp³-hybridized carbons (Fsp3) is 0.286. The Bertz CT molecular complexity index is 984. The zero-order valence-electron chi connectivity index (χ0n) is 16.1. The number of para-hydroxylation sites is 1. The minimum Gasteiger partial charge on any atom is -0.467 e. The van der Waals surface area contributed by atoms with Gasteiger partial charge in [0.05, 0.1) is 18.5 Å². The van der Waals surface area contributed by atoms with Gasteiger partial charge >= 0.3 is 0 Å². The lowest BCUT2D eigenvalue weighted by Crippen LogP contribution is -2.47. The number of aromatic nitrogens is 2. The Hall–Kier alpha value is -3.42. The van der Waals surface area contributed by atoms with E-state index in [4.69, 9.17) is 4.42 Å². The minimum absolute atomic E-state index is 0.214. The number of carbonyl (C=O) groups excluding carboxylic acids is 1. The van der Waals surface area contributed by atoms with Gasteiger partial charge in [-0.1, -0.05) is 12.1 Å². The van der Waals surface area contributed by atoms with E-state index >= 15 is 0 Å². The molecule has 150 valence electrons. The highest BCUT2D eigenvalue weighted by molar-refractivity contribution is 5.92. The first kappa shape index (κ1) is 18.9. The Kier molecular flexibility index (Phi) is 5.41. The number of nitrogens with one attached hydrogen (secondary N) is 1. The second-order valence-corrected chi connectivity index (χ2v) is 6.85. The van der Waals surface area contributed by atoms with Crippen molar-refractivity contribution < 1.29 is 13.6 Å². The molecule has 0 atom stereocenters. The number of anilines is 2. The highest BCUT2D eigenvalue weighted by atomic mass is 19.1. The molecule has 1 saturated heterocycles. The Morgan fingerprint density at radius 1 is 1.10 bits per heavy atom. The van der Waals surface area contributed by atoms with Crippen molar-refractivity contribution in [2.75, 3.05) is 36.0 Å². The van der Waals surface area contributed by atoms with E-state index in [1.54, 1.807) is 43.5 Å². The Balaban J connectivity index is 1.43. The number of hydrogen-bond acceptors (Lipinski definition) is 6. The maximum Gasteiger partial charge on any atom is 0.270 e. The predicted octanol–water partition coefficient (Wildman–Crippen LogP) is 2.77. The summed E-state index contributed by atoms with van der Waals surface area (Å²) in [5.74, 6) is 1.41. The Morgan fingerprint density at radius 3 is 2.59 bits per heavy atom. The zero-order chi connectivity index (χ0) is 20.2. The summed E-state index contributed by atoms with van der Waals surface area (Å²) in [6.45, 7) is 4.76. The lowest BCUT2D eigenvalue weighted by atomic mass is 10.2. The molecule has 1 aliphatic heterocycles. The molecule has 1 aliphatic rings. The van der Waals surface area contributed by atoms with Crippen LogP contribution in [-0.4, -0.2) is 42.1 Å². The molecule has 2 aromatic heterocycles. The smallest absolute Gasteiger partial charge is 0.270 e. The molecule has 8 heteroatoms. The number of furan rings is 1. The number of piperazine rings is 1. The van der Waals surface area contributed by atoms with Crippen LogP contribution in [0.2, 0.25) is 0 Å². The first-order chi connectivity index (χ1) is 14.1. The molecule has 3 heterocycles. The lowest BCUT2D eigenvalue weighted by Gasteiger charge is -2.36. The second-order valence-electron chi connectivity index (χ2n) is 6.85. The summed E-state index contributed by atoms with van der Waals surface area (Å²) >= 11 is 0. The average molecular weight is 395 g/mol. The Morgan fingerprint density at radius 2 is 1.86 bits per heavy atom. The summed E-state index contributed by atoms with van der Waals surface area (Å²) in [4.78, 5) is 25.4. The number of aryl methyl sites for hydroxylation is 1. The highest BCUT2D eigenvalue weighted by Gasteiger charge is 2.22. The van der Waals surface area contributed by atoms with Crippen molar-refractivity contribution in [3.05, 3.63) is 71.8 Å². The number of nitrogens with zero attached hydrogens (tertiary/aromatic N) is 4. The molecule has 0 saturated carbocycles. The molecule has 0 bridgehead atoms. The summed E-state index contributed by atoms with van der Waals surface area (Å²) in [5.41, 5.74) is 0.930. The van der Waals surface area contributed by atoms with Crippen LogP contribution in [-0.2, 0) is 6.54 Å². The van der Waals surface area contributed by atoms with E-state index in [0.717, 1.165) is 0 Å². The van der Waals surface area contributed by atoms with Gasteiger partial charge in [0.25, 0.3) is 5.91 Å². The van der Waals surface area contributed by atoms with Gasteiger partial charge in [-0.15, -0.1) is 0 Å². The van der Waals surface area contributed by atoms with Gasteiger partial charge in [0.2, 0.25) is 0 Å². The van der Waals surface area contributed by atoms with Gasteiger partial charge in [0.1, 0.15) is 28.9 Å². The molecule has 3 aromatic rings. The summed E-state index contributed by atoms with van der Waals surface area (Å²) in [7, 11) is 0. The van der Waals surface area contributed by atoms with Crippen LogP contribution >= 0.6 is 0 Å². The summed E-state index contributed by atoms with van der Waals surface area (Å²) < 4.78 is 19.3. The van der Waals surface area contributed by atoms with E-state index in [1.165, 1.54) is 6.07 Å².